The second-order valence-corrected chi connectivity index (χ2v) is 6.93. The van der Waals surface area contributed by atoms with Gasteiger partial charge in [0, 0.05) is 5.41 Å². The quantitative estimate of drug-likeness (QED) is 0.489. The van der Waals surface area contributed by atoms with Crippen LogP contribution in [0.25, 0.3) is 0 Å². The maximum atomic E-state index is 6.36. The molecule has 0 amide bonds. The summed E-state index contributed by atoms with van der Waals surface area (Å²) in [5, 5.41) is 0. The van der Waals surface area contributed by atoms with Crippen LogP contribution in [0.4, 0.5) is 0 Å². The molecule has 1 aliphatic heterocycles. The van der Waals surface area contributed by atoms with Gasteiger partial charge < -0.3 is 4.74 Å². The van der Waals surface area contributed by atoms with Crippen molar-refractivity contribution in [1.29, 1.82) is 0 Å². The lowest BCUT2D eigenvalue weighted by Crippen LogP contribution is -2.53. The average Bonchev–Trinajstić information content (AvgIpc) is 2.38. The van der Waals surface area contributed by atoms with E-state index < -0.39 is 0 Å². The first-order valence-electron chi connectivity index (χ1n) is 8.37. The number of fused-ring (bicyclic) bond motifs is 2. The van der Waals surface area contributed by atoms with Crippen molar-refractivity contribution in [2.75, 3.05) is 6.61 Å². The minimum atomic E-state index is 0.332. The lowest BCUT2D eigenvalue weighted by molar-refractivity contribution is -0.142. The predicted molar refractivity (Wildman–Crippen MR) is 82.2 cm³/mol. The van der Waals surface area contributed by atoms with Crippen molar-refractivity contribution in [2.24, 2.45) is 23.2 Å². The molecule has 1 heteroatoms. The van der Waals surface area contributed by atoms with Gasteiger partial charge in [0.1, 0.15) is 0 Å². The van der Waals surface area contributed by atoms with Crippen molar-refractivity contribution in [3.05, 3.63) is 11.6 Å². The minimum absolute atomic E-state index is 0.332. The molecule has 0 unspecified atom stereocenters. The summed E-state index contributed by atoms with van der Waals surface area (Å²) in [6, 6.07) is 0. The van der Waals surface area contributed by atoms with E-state index in [0.29, 0.717) is 17.4 Å². The summed E-state index contributed by atoms with van der Waals surface area (Å²) in [7, 11) is 0. The molecule has 0 N–H and O–H groups in total. The molecular formula is C18H32O. The van der Waals surface area contributed by atoms with E-state index in [1.165, 1.54) is 32.1 Å². The van der Waals surface area contributed by atoms with E-state index >= 15 is 0 Å². The van der Waals surface area contributed by atoms with Crippen molar-refractivity contribution in [1.82, 2.24) is 0 Å². The molecule has 1 heterocycles. The molecular weight excluding hydrogens is 232 g/mol. The van der Waals surface area contributed by atoms with Gasteiger partial charge in [-0.2, -0.15) is 0 Å². The Kier molecular flexibility index (Phi) is 4.76. The third kappa shape index (κ3) is 2.51. The van der Waals surface area contributed by atoms with Crippen LogP contribution < -0.4 is 0 Å². The highest BCUT2D eigenvalue weighted by Gasteiger charge is 2.51. The molecule has 2 rings (SSSR count). The number of hydrogen-bond donors (Lipinski definition) is 0. The molecule has 19 heavy (non-hydrogen) atoms. The summed E-state index contributed by atoms with van der Waals surface area (Å²) in [5.41, 5.74) is 1.91. The maximum Gasteiger partial charge on any atom is 0.0612 e. The molecule has 0 aromatic heterocycles. The van der Waals surface area contributed by atoms with E-state index in [0.717, 1.165) is 18.4 Å². The molecule has 1 saturated heterocycles. The molecule has 0 saturated carbocycles. The van der Waals surface area contributed by atoms with Crippen molar-refractivity contribution in [3.8, 4) is 0 Å². The largest absolute Gasteiger partial charge is 0.377 e. The third-order valence-corrected chi connectivity index (χ3v) is 6.06. The van der Waals surface area contributed by atoms with E-state index in [1.807, 2.05) is 0 Å². The van der Waals surface area contributed by atoms with Gasteiger partial charge in [0.15, 0.2) is 0 Å². The van der Waals surface area contributed by atoms with Crippen LogP contribution in [0.15, 0.2) is 11.6 Å². The van der Waals surface area contributed by atoms with Gasteiger partial charge in [-0.25, -0.2) is 0 Å². The SMILES string of the molecule is CCCCC[C@@H]1OC[C@@]2(CC)C(C)=C[C@@H](C)[C@H]1[C@H]2C. The van der Waals surface area contributed by atoms with Gasteiger partial charge in [-0.3, -0.25) is 0 Å². The molecule has 0 aromatic carbocycles. The van der Waals surface area contributed by atoms with Crippen LogP contribution >= 0.6 is 0 Å². The Morgan fingerprint density at radius 1 is 1.26 bits per heavy atom. The molecule has 2 aliphatic rings. The monoisotopic (exact) mass is 264 g/mol. The van der Waals surface area contributed by atoms with Gasteiger partial charge >= 0.3 is 0 Å². The topological polar surface area (TPSA) is 9.23 Å². The second kappa shape index (κ2) is 5.99. The number of rotatable bonds is 5. The molecule has 0 spiro atoms. The molecule has 1 fully saturated rings. The fourth-order valence-corrected chi connectivity index (χ4v) is 4.70. The highest BCUT2D eigenvalue weighted by molar-refractivity contribution is 5.22. The lowest BCUT2D eigenvalue weighted by atomic mass is 9.55. The summed E-state index contributed by atoms with van der Waals surface area (Å²) in [6.07, 6.45) is 9.52. The van der Waals surface area contributed by atoms with Crippen molar-refractivity contribution in [3.63, 3.8) is 0 Å². The summed E-state index contributed by atoms with van der Waals surface area (Å²) in [5.74, 6) is 2.19. The van der Waals surface area contributed by atoms with Crippen LogP contribution in [0.2, 0.25) is 0 Å². The molecule has 1 nitrogen and oxygen atoms in total. The molecule has 5 atom stereocenters. The third-order valence-electron chi connectivity index (χ3n) is 6.06. The first-order chi connectivity index (χ1) is 9.06. The van der Waals surface area contributed by atoms with Crippen LogP contribution in [0.5, 0.6) is 0 Å². The first-order valence-corrected chi connectivity index (χ1v) is 8.37. The normalized spacial score (nSPS) is 42.1. The fraction of sp³-hybridized carbons (Fsp3) is 0.889. The van der Waals surface area contributed by atoms with E-state index in [-0.39, 0.29) is 0 Å². The van der Waals surface area contributed by atoms with E-state index in [9.17, 15) is 0 Å². The molecule has 0 aromatic rings. The summed E-state index contributed by atoms with van der Waals surface area (Å²) in [6.45, 7) is 12.8. The first kappa shape index (κ1) is 15.1. The van der Waals surface area contributed by atoms with Gasteiger partial charge in [0.2, 0.25) is 0 Å². The Morgan fingerprint density at radius 2 is 2.00 bits per heavy atom. The van der Waals surface area contributed by atoms with Crippen molar-refractivity contribution in [2.45, 2.75) is 72.8 Å². The van der Waals surface area contributed by atoms with Gasteiger partial charge in [0.05, 0.1) is 12.7 Å². The number of allylic oxidation sites excluding steroid dienone is 1. The standard InChI is InChI=1S/C18H32O/c1-6-8-9-10-16-17-13(3)11-14(4)18(7-2,12-19-16)15(17)5/h11,13,15-17H,6-10,12H2,1-5H3/t13-,15-,16+,17+,18+/m1/s1. The highest BCUT2D eigenvalue weighted by Crippen LogP contribution is 2.54. The van der Waals surface area contributed by atoms with Gasteiger partial charge in [-0.1, -0.05) is 58.6 Å². The molecule has 0 radical (unpaired) electrons. The summed E-state index contributed by atoms with van der Waals surface area (Å²) >= 11 is 0. The van der Waals surface area contributed by atoms with E-state index in [1.54, 1.807) is 5.57 Å². The zero-order valence-corrected chi connectivity index (χ0v) is 13.5. The van der Waals surface area contributed by atoms with Crippen molar-refractivity contribution >= 4 is 0 Å². The zero-order chi connectivity index (χ0) is 14.0. The van der Waals surface area contributed by atoms with Crippen molar-refractivity contribution < 1.29 is 4.74 Å². The Balaban J connectivity index is 2.16. The number of hydrogen-bond acceptors (Lipinski definition) is 1. The van der Waals surface area contributed by atoms with Crippen LogP contribution in [0.3, 0.4) is 0 Å². The Hall–Kier alpha value is -0.300. The average molecular weight is 264 g/mol. The van der Waals surface area contributed by atoms with Crippen LogP contribution in [0.1, 0.15) is 66.7 Å². The molecule has 110 valence electrons. The van der Waals surface area contributed by atoms with E-state index in [2.05, 4.69) is 40.7 Å². The number of ether oxygens (including phenoxy) is 1. The van der Waals surface area contributed by atoms with Gasteiger partial charge in [-0.15, -0.1) is 0 Å². The smallest absolute Gasteiger partial charge is 0.0612 e. The fourth-order valence-electron chi connectivity index (χ4n) is 4.70. The van der Waals surface area contributed by atoms with E-state index in [4.69, 9.17) is 4.74 Å². The molecule has 1 aliphatic carbocycles. The van der Waals surface area contributed by atoms with Gasteiger partial charge in [0.25, 0.3) is 0 Å². The predicted octanol–water partition coefficient (Wildman–Crippen LogP) is 5.21. The maximum absolute atomic E-state index is 6.36. The van der Waals surface area contributed by atoms with Crippen LogP contribution in [-0.4, -0.2) is 12.7 Å². The summed E-state index contributed by atoms with van der Waals surface area (Å²) < 4.78 is 6.36. The Morgan fingerprint density at radius 3 is 2.63 bits per heavy atom. The summed E-state index contributed by atoms with van der Waals surface area (Å²) in [4.78, 5) is 0. The van der Waals surface area contributed by atoms with Gasteiger partial charge in [-0.05, 0) is 37.5 Å². The second-order valence-electron chi connectivity index (χ2n) is 6.93. The Labute approximate surface area is 119 Å². The minimum Gasteiger partial charge on any atom is -0.377 e. The Bertz CT molecular complexity index is 333. The van der Waals surface area contributed by atoms with Crippen LogP contribution in [-0.2, 0) is 4.74 Å². The zero-order valence-electron chi connectivity index (χ0n) is 13.5. The highest BCUT2D eigenvalue weighted by atomic mass is 16.5. The molecule has 2 bridgehead atoms. The number of unbranched alkanes of at least 4 members (excludes halogenated alkanes) is 2. The lowest BCUT2D eigenvalue weighted by Gasteiger charge is -2.55. The van der Waals surface area contributed by atoms with Crippen LogP contribution in [0, 0.1) is 23.2 Å².